The minimum Gasteiger partial charge on any atom is -0.467 e. The molecule has 100 valence electrons. The van der Waals surface area contributed by atoms with Crippen LogP contribution in [0.25, 0.3) is 0 Å². The van der Waals surface area contributed by atoms with Crippen LogP contribution >= 0.6 is 0 Å². The van der Waals surface area contributed by atoms with Crippen LogP contribution in [-0.4, -0.2) is 48.4 Å². The molecule has 0 saturated carbocycles. The van der Waals surface area contributed by atoms with Crippen LogP contribution in [0.4, 0.5) is 0 Å². The lowest BCUT2D eigenvalue weighted by Crippen LogP contribution is -2.53. The fourth-order valence-corrected chi connectivity index (χ4v) is 2.58. The summed E-state index contributed by atoms with van der Waals surface area (Å²) in [5.41, 5.74) is 0. The summed E-state index contributed by atoms with van der Waals surface area (Å²) < 4.78 is 4.73. The van der Waals surface area contributed by atoms with Gasteiger partial charge in [0.15, 0.2) is 0 Å². The molecule has 2 heterocycles. The number of carbonyl (C=O) groups is 3. The van der Waals surface area contributed by atoms with Crippen LogP contribution in [0, 0.1) is 0 Å². The molecular formula is C12H18N2O4. The fourth-order valence-electron chi connectivity index (χ4n) is 2.58. The molecule has 0 bridgehead atoms. The molecule has 2 aliphatic rings. The molecule has 2 saturated heterocycles. The number of nitrogens with one attached hydrogen (secondary N) is 1. The molecule has 0 unspecified atom stereocenters. The average Bonchev–Trinajstić information content (AvgIpc) is 2.83. The third kappa shape index (κ3) is 2.47. The van der Waals surface area contributed by atoms with E-state index >= 15 is 0 Å². The maximum atomic E-state index is 12.3. The predicted molar refractivity (Wildman–Crippen MR) is 62.5 cm³/mol. The summed E-state index contributed by atoms with van der Waals surface area (Å²) in [7, 11) is 1.33. The van der Waals surface area contributed by atoms with Gasteiger partial charge in [0.2, 0.25) is 11.8 Å². The summed E-state index contributed by atoms with van der Waals surface area (Å²) in [6.07, 6.45) is 3.34. The van der Waals surface area contributed by atoms with E-state index < -0.39 is 12.1 Å². The summed E-state index contributed by atoms with van der Waals surface area (Å²) in [6, 6.07) is -0.962. The Balaban J connectivity index is 2.06. The van der Waals surface area contributed by atoms with Crippen LogP contribution in [0.2, 0.25) is 0 Å². The first kappa shape index (κ1) is 12.9. The first-order chi connectivity index (χ1) is 8.63. The number of piperidine rings is 1. The zero-order chi connectivity index (χ0) is 13.1. The second kappa shape index (κ2) is 5.37. The molecule has 2 amide bonds. The summed E-state index contributed by atoms with van der Waals surface area (Å²) in [5, 5.41) is 2.65. The van der Waals surface area contributed by atoms with E-state index in [1.54, 1.807) is 4.90 Å². The molecule has 0 aromatic heterocycles. The van der Waals surface area contributed by atoms with Crippen LogP contribution in [0.1, 0.15) is 32.1 Å². The van der Waals surface area contributed by atoms with E-state index in [0.29, 0.717) is 25.8 Å². The molecule has 0 aromatic rings. The molecule has 6 nitrogen and oxygen atoms in total. The Morgan fingerprint density at radius 1 is 1.33 bits per heavy atom. The standard InChI is InChI=1S/C12H18N2O4/c1-18-12(17)9-4-2-3-7-14(9)11(16)8-5-6-10(15)13-8/h8-9H,2-7H2,1H3,(H,13,15)/t8-,9-/m1/s1. The van der Waals surface area contributed by atoms with E-state index in [9.17, 15) is 14.4 Å². The van der Waals surface area contributed by atoms with Crippen molar-refractivity contribution in [2.24, 2.45) is 0 Å². The normalized spacial score (nSPS) is 27.8. The van der Waals surface area contributed by atoms with Gasteiger partial charge in [0.25, 0.3) is 0 Å². The quantitative estimate of drug-likeness (QED) is 0.694. The zero-order valence-corrected chi connectivity index (χ0v) is 10.5. The number of carbonyl (C=O) groups excluding carboxylic acids is 3. The average molecular weight is 254 g/mol. The number of hydrogen-bond acceptors (Lipinski definition) is 4. The largest absolute Gasteiger partial charge is 0.467 e. The van der Waals surface area contributed by atoms with E-state index in [1.807, 2.05) is 0 Å². The Kier molecular flexibility index (Phi) is 3.84. The number of hydrogen-bond donors (Lipinski definition) is 1. The number of likely N-dealkylation sites (tertiary alicyclic amines) is 1. The molecule has 1 N–H and O–H groups in total. The third-order valence-corrected chi connectivity index (χ3v) is 3.55. The fraction of sp³-hybridized carbons (Fsp3) is 0.750. The molecule has 6 heteroatoms. The van der Waals surface area contributed by atoms with Gasteiger partial charge in [0.05, 0.1) is 7.11 Å². The predicted octanol–water partition coefficient (Wildman–Crippen LogP) is -0.181. The van der Waals surface area contributed by atoms with E-state index in [1.165, 1.54) is 7.11 Å². The lowest BCUT2D eigenvalue weighted by molar-refractivity contribution is -0.155. The van der Waals surface area contributed by atoms with Crippen molar-refractivity contribution in [3.8, 4) is 0 Å². The Hall–Kier alpha value is -1.59. The van der Waals surface area contributed by atoms with Crippen molar-refractivity contribution in [1.29, 1.82) is 0 Å². The van der Waals surface area contributed by atoms with E-state index in [4.69, 9.17) is 4.74 Å². The molecule has 18 heavy (non-hydrogen) atoms. The molecule has 0 spiro atoms. The van der Waals surface area contributed by atoms with Crippen molar-refractivity contribution < 1.29 is 19.1 Å². The highest BCUT2D eigenvalue weighted by Crippen LogP contribution is 2.21. The molecule has 0 aromatic carbocycles. The van der Waals surface area contributed by atoms with Gasteiger partial charge in [-0.1, -0.05) is 0 Å². The number of nitrogens with zero attached hydrogens (tertiary/aromatic N) is 1. The van der Waals surface area contributed by atoms with Crippen LogP contribution in [0.3, 0.4) is 0 Å². The zero-order valence-electron chi connectivity index (χ0n) is 10.5. The molecule has 2 aliphatic heterocycles. The molecule has 2 rings (SSSR count). The van der Waals surface area contributed by atoms with Crippen molar-refractivity contribution in [2.75, 3.05) is 13.7 Å². The molecular weight excluding hydrogens is 236 g/mol. The number of methoxy groups -OCH3 is 1. The van der Waals surface area contributed by atoms with Crippen molar-refractivity contribution in [1.82, 2.24) is 10.2 Å². The highest BCUT2D eigenvalue weighted by molar-refractivity contribution is 5.93. The smallest absolute Gasteiger partial charge is 0.328 e. The number of esters is 1. The third-order valence-electron chi connectivity index (χ3n) is 3.55. The van der Waals surface area contributed by atoms with Crippen LogP contribution in [0.15, 0.2) is 0 Å². The molecule has 0 aliphatic carbocycles. The van der Waals surface area contributed by atoms with E-state index in [-0.39, 0.29) is 17.8 Å². The highest BCUT2D eigenvalue weighted by Gasteiger charge is 2.38. The van der Waals surface area contributed by atoms with Crippen LogP contribution in [-0.2, 0) is 19.1 Å². The van der Waals surface area contributed by atoms with Gasteiger partial charge >= 0.3 is 5.97 Å². The second-order valence-corrected chi connectivity index (χ2v) is 4.73. The molecule has 0 radical (unpaired) electrons. The Morgan fingerprint density at radius 2 is 2.11 bits per heavy atom. The van der Waals surface area contributed by atoms with Gasteiger partial charge in [-0.05, 0) is 25.7 Å². The summed E-state index contributed by atoms with van der Waals surface area (Å²) in [5.74, 6) is -0.622. The Labute approximate surface area is 106 Å². The van der Waals surface area contributed by atoms with Gasteiger partial charge < -0.3 is 15.0 Å². The SMILES string of the molecule is COC(=O)[C@H]1CCCCN1C(=O)[C@H]1CCC(=O)N1. The maximum Gasteiger partial charge on any atom is 0.328 e. The van der Waals surface area contributed by atoms with Crippen LogP contribution < -0.4 is 5.32 Å². The topological polar surface area (TPSA) is 75.7 Å². The van der Waals surface area contributed by atoms with Gasteiger partial charge in [-0.3, -0.25) is 9.59 Å². The molecule has 2 atom stereocenters. The first-order valence-corrected chi connectivity index (χ1v) is 6.31. The van der Waals surface area contributed by atoms with Crippen molar-refractivity contribution >= 4 is 17.8 Å². The lowest BCUT2D eigenvalue weighted by atomic mass is 10.0. The summed E-state index contributed by atoms with van der Waals surface area (Å²) in [4.78, 5) is 36.6. The van der Waals surface area contributed by atoms with Crippen molar-refractivity contribution in [2.45, 2.75) is 44.2 Å². The highest BCUT2D eigenvalue weighted by atomic mass is 16.5. The van der Waals surface area contributed by atoms with Gasteiger partial charge in [-0.2, -0.15) is 0 Å². The number of rotatable bonds is 2. The van der Waals surface area contributed by atoms with Crippen LogP contribution in [0.5, 0.6) is 0 Å². The van der Waals surface area contributed by atoms with Gasteiger partial charge in [-0.15, -0.1) is 0 Å². The minimum absolute atomic E-state index is 0.0972. The number of amides is 2. The van der Waals surface area contributed by atoms with Gasteiger partial charge in [0, 0.05) is 13.0 Å². The van der Waals surface area contributed by atoms with Crippen molar-refractivity contribution in [3.63, 3.8) is 0 Å². The van der Waals surface area contributed by atoms with Crippen molar-refractivity contribution in [3.05, 3.63) is 0 Å². The maximum absolute atomic E-state index is 12.3. The number of ether oxygens (including phenoxy) is 1. The van der Waals surface area contributed by atoms with E-state index in [0.717, 1.165) is 12.8 Å². The second-order valence-electron chi connectivity index (χ2n) is 4.73. The Morgan fingerprint density at radius 3 is 2.72 bits per heavy atom. The first-order valence-electron chi connectivity index (χ1n) is 6.31. The molecule has 2 fully saturated rings. The lowest BCUT2D eigenvalue weighted by Gasteiger charge is -2.35. The minimum atomic E-state index is -0.492. The summed E-state index contributed by atoms with van der Waals surface area (Å²) in [6.45, 7) is 0.560. The van der Waals surface area contributed by atoms with Gasteiger partial charge in [-0.25, -0.2) is 4.79 Å². The van der Waals surface area contributed by atoms with Gasteiger partial charge in [0.1, 0.15) is 12.1 Å². The monoisotopic (exact) mass is 254 g/mol. The summed E-state index contributed by atoms with van der Waals surface area (Å²) >= 11 is 0. The van der Waals surface area contributed by atoms with E-state index in [2.05, 4.69) is 5.32 Å². The Bertz CT molecular complexity index is 369.